The van der Waals surface area contributed by atoms with Crippen molar-refractivity contribution >= 4 is 21.7 Å². The second-order valence-electron chi connectivity index (χ2n) is 5.91. The summed E-state index contributed by atoms with van der Waals surface area (Å²) in [6, 6.07) is 4.38. The molecular formula is C15H19NO5S. The van der Waals surface area contributed by atoms with Crippen molar-refractivity contribution in [3.8, 4) is 0 Å². The van der Waals surface area contributed by atoms with E-state index in [4.69, 9.17) is 5.11 Å². The molecule has 0 atom stereocenters. The van der Waals surface area contributed by atoms with Crippen LogP contribution in [0.15, 0.2) is 23.1 Å². The number of carboxylic acid groups (broad SMARTS) is 1. The van der Waals surface area contributed by atoms with Crippen molar-refractivity contribution in [2.75, 3.05) is 6.26 Å². The number of aliphatic carboxylic acids is 1. The average Bonchev–Trinajstić information content (AvgIpc) is 2.34. The molecule has 1 aromatic rings. The van der Waals surface area contributed by atoms with Gasteiger partial charge in [-0.3, -0.25) is 9.59 Å². The van der Waals surface area contributed by atoms with Gasteiger partial charge in [0.15, 0.2) is 9.84 Å². The summed E-state index contributed by atoms with van der Waals surface area (Å²) in [5.41, 5.74) is 0.200. The van der Waals surface area contributed by atoms with Crippen molar-refractivity contribution in [1.82, 2.24) is 5.32 Å². The maximum atomic E-state index is 12.4. The molecule has 1 aliphatic rings. The van der Waals surface area contributed by atoms with E-state index in [1.165, 1.54) is 12.1 Å². The summed E-state index contributed by atoms with van der Waals surface area (Å²) in [6.45, 7) is 1.71. The zero-order valence-corrected chi connectivity index (χ0v) is 13.4. The van der Waals surface area contributed by atoms with Crippen molar-refractivity contribution in [1.29, 1.82) is 0 Å². The van der Waals surface area contributed by atoms with E-state index >= 15 is 0 Å². The van der Waals surface area contributed by atoms with Gasteiger partial charge in [-0.2, -0.15) is 0 Å². The van der Waals surface area contributed by atoms with Crippen LogP contribution in [0.4, 0.5) is 0 Å². The number of hydrogen-bond donors (Lipinski definition) is 2. The molecule has 0 bridgehead atoms. The molecule has 120 valence electrons. The van der Waals surface area contributed by atoms with Crippen molar-refractivity contribution in [2.45, 2.75) is 43.0 Å². The van der Waals surface area contributed by atoms with E-state index < -0.39 is 27.3 Å². The van der Waals surface area contributed by atoms with E-state index in [1.54, 1.807) is 13.0 Å². The Morgan fingerprint density at radius 1 is 1.32 bits per heavy atom. The maximum Gasteiger partial charge on any atom is 0.305 e. The van der Waals surface area contributed by atoms with E-state index in [2.05, 4.69) is 5.32 Å². The van der Waals surface area contributed by atoms with E-state index in [0.717, 1.165) is 12.7 Å². The van der Waals surface area contributed by atoms with Gasteiger partial charge in [-0.1, -0.05) is 6.07 Å². The minimum absolute atomic E-state index is 0.0733. The first-order chi connectivity index (χ1) is 10.1. The van der Waals surface area contributed by atoms with Gasteiger partial charge in [0.1, 0.15) is 0 Å². The number of nitrogens with one attached hydrogen (secondary N) is 1. The van der Waals surface area contributed by atoms with Gasteiger partial charge in [-0.05, 0) is 43.9 Å². The zero-order valence-electron chi connectivity index (χ0n) is 12.5. The molecule has 1 amide bonds. The van der Waals surface area contributed by atoms with Crippen LogP contribution in [-0.4, -0.2) is 37.2 Å². The maximum absolute atomic E-state index is 12.4. The summed E-state index contributed by atoms with van der Waals surface area (Å²) in [6.07, 6.45) is 3.07. The summed E-state index contributed by atoms with van der Waals surface area (Å²) in [7, 11) is -3.40. The van der Waals surface area contributed by atoms with Crippen LogP contribution in [0.1, 0.15) is 41.6 Å². The lowest BCUT2D eigenvalue weighted by Gasteiger charge is -2.41. The number of hydrogen-bond acceptors (Lipinski definition) is 4. The Hall–Kier alpha value is -1.89. The molecule has 0 aliphatic heterocycles. The first-order valence-corrected chi connectivity index (χ1v) is 8.87. The van der Waals surface area contributed by atoms with Crippen LogP contribution in [0.5, 0.6) is 0 Å². The zero-order chi connectivity index (χ0) is 16.5. The topological polar surface area (TPSA) is 101 Å². The van der Waals surface area contributed by atoms with Crippen molar-refractivity contribution < 1.29 is 23.1 Å². The molecule has 1 aliphatic carbocycles. The van der Waals surface area contributed by atoms with Gasteiger partial charge in [0.05, 0.1) is 16.9 Å². The van der Waals surface area contributed by atoms with Gasteiger partial charge in [-0.15, -0.1) is 0 Å². The van der Waals surface area contributed by atoms with Gasteiger partial charge in [0.25, 0.3) is 5.91 Å². The smallest absolute Gasteiger partial charge is 0.305 e. The lowest BCUT2D eigenvalue weighted by atomic mass is 9.74. The van der Waals surface area contributed by atoms with Gasteiger partial charge < -0.3 is 10.4 Å². The summed E-state index contributed by atoms with van der Waals surface area (Å²) in [5.74, 6) is -1.38. The van der Waals surface area contributed by atoms with E-state index in [1.807, 2.05) is 0 Å². The fraction of sp³-hybridized carbons (Fsp3) is 0.467. The van der Waals surface area contributed by atoms with Crippen LogP contribution in [0.3, 0.4) is 0 Å². The number of carbonyl (C=O) groups excluding carboxylic acids is 1. The fourth-order valence-corrected chi connectivity index (χ4v) is 3.27. The van der Waals surface area contributed by atoms with Crippen molar-refractivity contribution in [3.05, 3.63) is 29.3 Å². The summed E-state index contributed by atoms with van der Waals surface area (Å²) in [5, 5.41) is 11.8. The van der Waals surface area contributed by atoms with Crippen LogP contribution < -0.4 is 5.32 Å². The number of carboxylic acids is 1. The molecule has 0 spiro atoms. The molecule has 0 saturated heterocycles. The molecule has 1 aromatic carbocycles. The fourth-order valence-electron chi connectivity index (χ4n) is 2.62. The number of aryl methyl sites for hydroxylation is 1. The standard InChI is InChI=1S/C15H19NO5S/c1-10-4-5-11(22(2,20)21)8-12(10)14(19)16-15(6-3-7-15)9-13(17)18/h4-5,8H,3,6-7,9H2,1-2H3,(H,16,19)(H,17,18). The SMILES string of the molecule is Cc1ccc(S(C)(=O)=O)cc1C(=O)NC1(CC(=O)O)CCC1. The van der Waals surface area contributed by atoms with Crippen LogP contribution >= 0.6 is 0 Å². The quantitative estimate of drug-likeness (QED) is 0.855. The average molecular weight is 325 g/mol. The minimum atomic E-state index is -3.40. The predicted molar refractivity (Wildman–Crippen MR) is 80.6 cm³/mol. The molecular weight excluding hydrogens is 306 g/mol. The normalized spacial score (nSPS) is 16.6. The number of rotatable bonds is 5. The molecule has 7 heteroatoms. The molecule has 22 heavy (non-hydrogen) atoms. The van der Waals surface area contributed by atoms with Crippen LogP contribution in [0, 0.1) is 6.92 Å². The highest BCUT2D eigenvalue weighted by atomic mass is 32.2. The van der Waals surface area contributed by atoms with Gasteiger partial charge in [0.2, 0.25) is 0 Å². The first kappa shape index (κ1) is 16.5. The highest BCUT2D eigenvalue weighted by Gasteiger charge is 2.40. The first-order valence-electron chi connectivity index (χ1n) is 6.98. The number of carbonyl (C=O) groups is 2. The molecule has 2 rings (SSSR count). The van der Waals surface area contributed by atoms with Crippen molar-refractivity contribution in [3.63, 3.8) is 0 Å². The van der Waals surface area contributed by atoms with Crippen LogP contribution in [-0.2, 0) is 14.6 Å². The van der Waals surface area contributed by atoms with E-state index in [9.17, 15) is 18.0 Å². The van der Waals surface area contributed by atoms with Gasteiger partial charge in [-0.25, -0.2) is 8.42 Å². The second-order valence-corrected chi connectivity index (χ2v) is 7.92. The summed E-state index contributed by atoms with van der Waals surface area (Å²) < 4.78 is 23.2. The van der Waals surface area contributed by atoms with Crippen LogP contribution in [0.25, 0.3) is 0 Å². The minimum Gasteiger partial charge on any atom is -0.481 e. The molecule has 1 fully saturated rings. The lowest BCUT2D eigenvalue weighted by Crippen LogP contribution is -2.54. The molecule has 0 heterocycles. The third kappa shape index (κ3) is 3.47. The third-order valence-corrected chi connectivity index (χ3v) is 5.17. The van der Waals surface area contributed by atoms with Crippen LogP contribution in [0.2, 0.25) is 0 Å². The number of benzene rings is 1. The summed E-state index contributed by atoms with van der Waals surface area (Å²) in [4.78, 5) is 23.5. The second kappa shape index (κ2) is 5.72. The van der Waals surface area contributed by atoms with Gasteiger partial charge >= 0.3 is 5.97 Å². The molecule has 0 radical (unpaired) electrons. The largest absolute Gasteiger partial charge is 0.481 e. The lowest BCUT2D eigenvalue weighted by molar-refractivity contribution is -0.139. The Labute approximate surface area is 129 Å². The highest BCUT2D eigenvalue weighted by Crippen LogP contribution is 2.35. The summed E-state index contributed by atoms with van der Waals surface area (Å²) >= 11 is 0. The monoisotopic (exact) mass is 325 g/mol. The predicted octanol–water partition coefficient (Wildman–Crippen LogP) is 1.53. The molecule has 2 N–H and O–H groups in total. The Bertz CT molecular complexity index is 719. The van der Waals surface area contributed by atoms with E-state index in [-0.39, 0.29) is 16.9 Å². The van der Waals surface area contributed by atoms with E-state index in [0.29, 0.717) is 18.4 Å². The third-order valence-electron chi connectivity index (χ3n) is 4.06. The van der Waals surface area contributed by atoms with Gasteiger partial charge in [0, 0.05) is 11.8 Å². The molecule has 0 aromatic heterocycles. The molecule has 6 nitrogen and oxygen atoms in total. The number of sulfone groups is 1. The highest BCUT2D eigenvalue weighted by molar-refractivity contribution is 7.90. The number of amides is 1. The van der Waals surface area contributed by atoms with Crippen molar-refractivity contribution in [2.24, 2.45) is 0 Å². The Balaban J connectivity index is 2.28. The Kier molecular flexibility index (Phi) is 4.28. The molecule has 0 unspecified atom stereocenters. The Morgan fingerprint density at radius 2 is 1.95 bits per heavy atom. The molecule has 1 saturated carbocycles. The Morgan fingerprint density at radius 3 is 2.41 bits per heavy atom.